The Morgan fingerprint density at radius 2 is 1.94 bits per heavy atom. The molecule has 3 heterocycles. The van der Waals surface area contributed by atoms with Gasteiger partial charge in [-0.1, -0.05) is 37.3 Å². The molecule has 164 valence electrons. The molecule has 0 aliphatic carbocycles. The van der Waals surface area contributed by atoms with Crippen LogP contribution in [0, 0.1) is 0 Å². The van der Waals surface area contributed by atoms with Gasteiger partial charge in [-0.3, -0.25) is 14.4 Å². The van der Waals surface area contributed by atoms with E-state index in [0.717, 1.165) is 31.2 Å². The normalized spacial score (nSPS) is 18.5. The fourth-order valence-corrected chi connectivity index (χ4v) is 4.59. The monoisotopic (exact) mass is 422 g/mol. The predicted molar refractivity (Wildman–Crippen MR) is 117 cm³/mol. The first-order valence-electron chi connectivity index (χ1n) is 11.3. The van der Waals surface area contributed by atoms with Crippen molar-refractivity contribution in [2.24, 2.45) is 0 Å². The molecule has 1 aromatic carbocycles. The Kier molecular flexibility index (Phi) is 6.49. The van der Waals surface area contributed by atoms with Gasteiger partial charge in [0.15, 0.2) is 0 Å². The molecular weight excluding hydrogens is 392 g/mol. The van der Waals surface area contributed by atoms with Gasteiger partial charge in [0.05, 0.1) is 24.7 Å². The maximum atomic E-state index is 13.1. The average Bonchev–Trinajstić information content (AvgIpc) is 2.79. The number of aromatic amines is 1. The number of piperidine rings is 1. The summed E-state index contributed by atoms with van der Waals surface area (Å²) in [6, 6.07) is 9.49. The minimum Gasteiger partial charge on any atom is -0.336 e. The predicted octanol–water partition coefficient (Wildman–Crippen LogP) is 2.75. The van der Waals surface area contributed by atoms with Crippen LogP contribution in [0.1, 0.15) is 67.7 Å². The lowest BCUT2D eigenvalue weighted by Crippen LogP contribution is -2.43. The Bertz CT molecular complexity index is 1000. The highest BCUT2D eigenvalue weighted by Gasteiger charge is 2.31. The van der Waals surface area contributed by atoms with Gasteiger partial charge in [-0.2, -0.15) is 0 Å². The molecule has 1 N–H and O–H groups in total. The highest BCUT2D eigenvalue weighted by molar-refractivity contribution is 5.79. The molecule has 1 saturated heterocycles. The van der Waals surface area contributed by atoms with Crippen LogP contribution in [0.3, 0.4) is 0 Å². The number of nitrogens with one attached hydrogen (secondary N) is 1. The Hall–Kier alpha value is -2.96. The number of fused-ring (bicyclic) bond motifs is 1. The molecule has 0 saturated carbocycles. The van der Waals surface area contributed by atoms with Gasteiger partial charge in [0.1, 0.15) is 5.82 Å². The van der Waals surface area contributed by atoms with Gasteiger partial charge in [-0.25, -0.2) is 4.98 Å². The van der Waals surface area contributed by atoms with Gasteiger partial charge in [-0.15, -0.1) is 0 Å². The minimum atomic E-state index is -0.232. The van der Waals surface area contributed by atoms with Gasteiger partial charge >= 0.3 is 0 Å². The van der Waals surface area contributed by atoms with E-state index < -0.39 is 0 Å². The summed E-state index contributed by atoms with van der Waals surface area (Å²) < 4.78 is 0. The molecule has 31 heavy (non-hydrogen) atoms. The quantitative estimate of drug-likeness (QED) is 0.803. The van der Waals surface area contributed by atoms with Gasteiger partial charge < -0.3 is 14.8 Å². The summed E-state index contributed by atoms with van der Waals surface area (Å²) in [5, 5.41) is 0. The summed E-state index contributed by atoms with van der Waals surface area (Å²) in [6.07, 6.45) is 4.89. The van der Waals surface area contributed by atoms with Gasteiger partial charge in [0.25, 0.3) is 5.56 Å². The van der Waals surface area contributed by atoms with Crippen molar-refractivity contribution in [2.75, 3.05) is 13.1 Å². The van der Waals surface area contributed by atoms with Gasteiger partial charge in [0, 0.05) is 25.1 Å². The van der Waals surface area contributed by atoms with E-state index in [9.17, 15) is 14.4 Å². The van der Waals surface area contributed by atoms with Crippen LogP contribution in [0.2, 0.25) is 0 Å². The molecule has 2 aliphatic rings. The maximum absolute atomic E-state index is 13.1. The zero-order chi connectivity index (χ0) is 21.8. The van der Waals surface area contributed by atoms with Crippen molar-refractivity contribution in [2.45, 2.75) is 64.5 Å². The van der Waals surface area contributed by atoms with Gasteiger partial charge in [-0.05, 0) is 37.7 Å². The molecule has 4 rings (SSSR count). The van der Waals surface area contributed by atoms with E-state index >= 15 is 0 Å². The van der Waals surface area contributed by atoms with E-state index in [1.54, 1.807) is 4.90 Å². The summed E-state index contributed by atoms with van der Waals surface area (Å²) in [7, 11) is 0. The number of rotatable bonds is 5. The number of amides is 2. The number of benzene rings is 1. The molecule has 1 fully saturated rings. The third kappa shape index (κ3) is 4.70. The molecule has 1 atom stereocenters. The van der Waals surface area contributed by atoms with E-state index in [1.165, 1.54) is 0 Å². The maximum Gasteiger partial charge on any atom is 0.254 e. The molecule has 0 unspecified atom stereocenters. The van der Waals surface area contributed by atoms with Crippen LogP contribution >= 0.6 is 0 Å². The summed E-state index contributed by atoms with van der Waals surface area (Å²) in [5.41, 5.74) is 2.19. The first-order chi connectivity index (χ1) is 15.1. The van der Waals surface area contributed by atoms with Crippen LogP contribution in [-0.4, -0.2) is 44.7 Å². The lowest BCUT2D eigenvalue weighted by Gasteiger charge is -2.36. The molecule has 2 aliphatic heterocycles. The number of carbonyl (C=O) groups excluding carboxylic acids is 2. The van der Waals surface area contributed by atoms with E-state index in [1.807, 2.05) is 42.2 Å². The third-order valence-electron chi connectivity index (χ3n) is 6.25. The molecular formula is C24H30N4O3. The molecule has 7 heteroatoms. The number of H-pyrrole nitrogens is 1. The lowest BCUT2D eigenvalue weighted by atomic mass is 9.99. The fourth-order valence-electron chi connectivity index (χ4n) is 4.59. The Labute approximate surface area is 182 Å². The van der Waals surface area contributed by atoms with Crippen molar-refractivity contribution in [3.8, 4) is 0 Å². The second-order valence-electron chi connectivity index (χ2n) is 8.45. The summed E-state index contributed by atoms with van der Waals surface area (Å²) in [5.74, 6) is 0.708. The van der Waals surface area contributed by atoms with Crippen molar-refractivity contribution in [1.82, 2.24) is 19.8 Å². The number of hydrogen-bond acceptors (Lipinski definition) is 4. The van der Waals surface area contributed by atoms with Crippen molar-refractivity contribution >= 4 is 11.8 Å². The average molecular weight is 423 g/mol. The Morgan fingerprint density at radius 1 is 1.13 bits per heavy atom. The summed E-state index contributed by atoms with van der Waals surface area (Å²) in [4.78, 5) is 49.6. The van der Waals surface area contributed by atoms with E-state index in [2.05, 4.69) is 4.98 Å². The number of nitrogens with zero attached hydrogens (tertiary/aromatic N) is 3. The number of likely N-dealkylation sites (tertiary alicyclic amines) is 1. The topological polar surface area (TPSA) is 86.4 Å². The SMILES string of the molecule is CCCC(=O)N1CCc2c(nc([C@@H]3CCCCN3C(=O)Cc3ccccc3)[nH]c2=O)C1. The fraction of sp³-hybridized carbons (Fsp3) is 0.500. The van der Waals surface area contributed by atoms with E-state index in [-0.39, 0.29) is 23.4 Å². The summed E-state index contributed by atoms with van der Waals surface area (Å²) >= 11 is 0. The van der Waals surface area contributed by atoms with E-state index in [0.29, 0.717) is 56.0 Å². The Morgan fingerprint density at radius 3 is 2.71 bits per heavy atom. The standard InChI is InChI=1S/C24H30N4O3/c1-2-8-21(29)27-14-12-18-19(16-27)25-23(26-24(18)31)20-11-6-7-13-28(20)22(30)15-17-9-4-3-5-10-17/h3-5,9-10,20H,2,6-8,11-16H2,1H3,(H,25,26,31)/t20-/m0/s1. The van der Waals surface area contributed by atoms with Crippen LogP contribution < -0.4 is 5.56 Å². The van der Waals surface area contributed by atoms with Crippen molar-refractivity contribution < 1.29 is 9.59 Å². The second-order valence-corrected chi connectivity index (χ2v) is 8.45. The Balaban J connectivity index is 1.58. The molecule has 2 aromatic rings. The largest absolute Gasteiger partial charge is 0.336 e. The van der Waals surface area contributed by atoms with Crippen LogP contribution in [-0.2, 0) is 29.0 Å². The highest BCUT2D eigenvalue weighted by Crippen LogP contribution is 2.30. The van der Waals surface area contributed by atoms with Gasteiger partial charge in [0.2, 0.25) is 11.8 Å². The first kappa shape index (κ1) is 21.3. The number of carbonyl (C=O) groups is 2. The van der Waals surface area contributed by atoms with Crippen molar-refractivity contribution in [3.05, 3.63) is 63.3 Å². The molecule has 0 radical (unpaired) electrons. The molecule has 0 spiro atoms. The van der Waals surface area contributed by atoms with E-state index in [4.69, 9.17) is 4.98 Å². The van der Waals surface area contributed by atoms with Crippen LogP contribution in [0.15, 0.2) is 35.1 Å². The van der Waals surface area contributed by atoms with Crippen LogP contribution in [0.25, 0.3) is 0 Å². The second kappa shape index (κ2) is 9.45. The zero-order valence-corrected chi connectivity index (χ0v) is 18.1. The van der Waals surface area contributed by atoms with Crippen molar-refractivity contribution in [3.63, 3.8) is 0 Å². The summed E-state index contributed by atoms with van der Waals surface area (Å²) in [6.45, 7) is 3.58. The molecule has 1 aromatic heterocycles. The third-order valence-corrected chi connectivity index (χ3v) is 6.25. The van der Waals surface area contributed by atoms with Crippen LogP contribution in [0.4, 0.5) is 0 Å². The zero-order valence-electron chi connectivity index (χ0n) is 18.1. The molecule has 7 nitrogen and oxygen atoms in total. The number of hydrogen-bond donors (Lipinski definition) is 1. The van der Waals surface area contributed by atoms with Crippen LogP contribution in [0.5, 0.6) is 0 Å². The highest BCUT2D eigenvalue weighted by atomic mass is 16.2. The van der Waals surface area contributed by atoms with Crippen molar-refractivity contribution in [1.29, 1.82) is 0 Å². The molecule has 2 amide bonds. The smallest absolute Gasteiger partial charge is 0.254 e. The lowest BCUT2D eigenvalue weighted by molar-refractivity contribution is -0.134. The molecule has 0 bridgehead atoms. The first-order valence-corrected chi connectivity index (χ1v) is 11.3. The number of aromatic nitrogens is 2. The minimum absolute atomic E-state index is 0.0519.